The molecule has 0 radical (unpaired) electrons. The lowest BCUT2D eigenvalue weighted by Gasteiger charge is -2.17. The molecule has 2 aromatic rings. The fourth-order valence-corrected chi connectivity index (χ4v) is 3.36. The van der Waals surface area contributed by atoms with Gasteiger partial charge in [-0.25, -0.2) is 9.59 Å². The molecule has 0 bridgehead atoms. The predicted molar refractivity (Wildman–Crippen MR) is 119 cm³/mol. The number of benzene rings is 2. The molecule has 1 fully saturated rings. The van der Waals surface area contributed by atoms with Crippen molar-refractivity contribution in [2.45, 2.75) is 32.9 Å². The van der Waals surface area contributed by atoms with Gasteiger partial charge in [0.1, 0.15) is 0 Å². The molecule has 3 rings (SSSR count). The van der Waals surface area contributed by atoms with Crippen LogP contribution in [0.5, 0.6) is 0 Å². The number of amides is 3. The van der Waals surface area contributed by atoms with E-state index < -0.39 is 6.09 Å². The molecule has 3 amide bonds. The van der Waals surface area contributed by atoms with E-state index in [1.165, 1.54) is 5.56 Å². The lowest BCUT2D eigenvalue weighted by molar-refractivity contribution is 0.147. The number of nitrogens with one attached hydrogen (secondary N) is 3. The maximum Gasteiger partial charge on any atom is 0.411 e. The van der Waals surface area contributed by atoms with Crippen LogP contribution in [-0.2, 0) is 11.3 Å². The molecule has 1 saturated heterocycles. The molecule has 0 spiro atoms. The highest BCUT2D eigenvalue weighted by atomic mass is 16.5. The predicted octanol–water partition coefficient (Wildman–Crippen LogP) is 4.29. The average Bonchev–Trinajstić information content (AvgIpc) is 3.14. The minimum Gasteiger partial charge on any atom is -0.449 e. The topological polar surface area (TPSA) is 82.7 Å². The summed E-state index contributed by atoms with van der Waals surface area (Å²) >= 11 is 0. The Kier molecular flexibility index (Phi) is 7.68. The van der Waals surface area contributed by atoms with E-state index in [0.717, 1.165) is 26.1 Å². The molecule has 1 aliphatic rings. The highest BCUT2D eigenvalue weighted by Crippen LogP contribution is 2.17. The molecular weight excluding hydrogens is 380 g/mol. The third-order valence-corrected chi connectivity index (χ3v) is 4.77. The fraction of sp³-hybridized carbons (Fsp3) is 0.391. The van der Waals surface area contributed by atoms with E-state index >= 15 is 0 Å². The van der Waals surface area contributed by atoms with E-state index in [1.54, 1.807) is 24.3 Å². The smallest absolute Gasteiger partial charge is 0.411 e. The monoisotopic (exact) mass is 410 g/mol. The van der Waals surface area contributed by atoms with Crippen molar-refractivity contribution in [2.24, 2.45) is 5.92 Å². The summed E-state index contributed by atoms with van der Waals surface area (Å²) in [4.78, 5) is 26.5. The van der Waals surface area contributed by atoms with Crippen LogP contribution in [0.4, 0.5) is 21.0 Å². The summed E-state index contributed by atoms with van der Waals surface area (Å²) in [6.07, 6.45) is 0.415. The molecule has 7 nitrogen and oxygen atoms in total. The third-order valence-electron chi connectivity index (χ3n) is 4.77. The van der Waals surface area contributed by atoms with E-state index in [4.69, 9.17) is 4.74 Å². The van der Waals surface area contributed by atoms with Crippen molar-refractivity contribution < 1.29 is 14.3 Å². The van der Waals surface area contributed by atoms with Gasteiger partial charge in [0.25, 0.3) is 0 Å². The van der Waals surface area contributed by atoms with Gasteiger partial charge in [-0.2, -0.15) is 0 Å². The SMILES string of the molecule is CC(C)COC(=O)Nc1cccc(NC(=O)NC2CCN(Cc3ccccc3)C2)c1. The van der Waals surface area contributed by atoms with Gasteiger partial charge in [0.15, 0.2) is 0 Å². The van der Waals surface area contributed by atoms with Crippen molar-refractivity contribution in [2.75, 3.05) is 30.3 Å². The molecule has 1 atom stereocenters. The normalized spacial score (nSPS) is 16.3. The number of likely N-dealkylation sites (tertiary alicyclic amines) is 1. The van der Waals surface area contributed by atoms with Gasteiger partial charge < -0.3 is 15.4 Å². The Bertz CT molecular complexity index is 841. The van der Waals surface area contributed by atoms with Crippen LogP contribution in [0.1, 0.15) is 25.8 Å². The first-order chi connectivity index (χ1) is 14.5. The van der Waals surface area contributed by atoms with Gasteiger partial charge in [-0.05, 0) is 36.1 Å². The number of urea groups is 1. The quantitative estimate of drug-likeness (QED) is 0.636. The molecule has 2 aromatic carbocycles. The minimum atomic E-state index is -0.505. The first kappa shape index (κ1) is 21.6. The van der Waals surface area contributed by atoms with Crippen molar-refractivity contribution in [3.8, 4) is 0 Å². The van der Waals surface area contributed by atoms with Gasteiger partial charge in [0.05, 0.1) is 6.61 Å². The Morgan fingerprint density at radius 2 is 1.80 bits per heavy atom. The number of hydrogen-bond acceptors (Lipinski definition) is 4. The number of ether oxygens (including phenoxy) is 1. The Morgan fingerprint density at radius 3 is 2.53 bits per heavy atom. The molecule has 7 heteroatoms. The molecule has 0 saturated carbocycles. The van der Waals surface area contributed by atoms with Crippen molar-refractivity contribution >= 4 is 23.5 Å². The van der Waals surface area contributed by atoms with Gasteiger partial charge >= 0.3 is 12.1 Å². The molecule has 160 valence electrons. The highest BCUT2D eigenvalue weighted by molar-refractivity contribution is 5.91. The van der Waals surface area contributed by atoms with Gasteiger partial charge in [-0.1, -0.05) is 50.2 Å². The lowest BCUT2D eigenvalue weighted by atomic mass is 10.2. The van der Waals surface area contributed by atoms with Crippen LogP contribution in [0.2, 0.25) is 0 Å². The van der Waals surface area contributed by atoms with Crippen LogP contribution < -0.4 is 16.0 Å². The average molecular weight is 411 g/mol. The summed E-state index contributed by atoms with van der Waals surface area (Å²) in [7, 11) is 0. The molecule has 3 N–H and O–H groups in total. The third kappa shape index (κ3) is 7.08. The maximum absolute atomic E-state index is 12.4. The second-order valence-corrected chi connectivity index (χ2v) is 8.00. The fourth-order valence-electron chi connectivity index (χ4n) is 3.36. The Morgan fingerprint density at radius 1 is 1.07 bits per heavy atom. The molecule has 1 heterocycles. The molecule has 1 unspecified atom stereocenters. The zero-order chi connectivity index (χ0) is 21.3. The molecule has 1 aliphatic heterocycles. The van der Waals surface area contributed by atoms with Crippen LogP contribution in [0.25, 0.3) is 0 Å². The van der Waals surface area contributed by atoms with Crippen molar-refractivity contribution in [3.63, 3.8) is 0 Å². The Hall–Kier alpha value is -3.06. The zero-order valence-electron chi connectivity index (χ0n) is 17.6. The second-order valence-electron chi connectivity index (χ2n) is 8.00. The van der Waals surface area contributed by atoms with Crippen LogP contribution in [0.3, 0.4) is 0 Å². The van der Waals surface area contributed by atoms with Crippen molar-refractivity contribution in [3.05, 3.63) is 60.2 Å². The summed E-state index contributed by atoms with van der Waals surface area (Å²) in [6.45, 7) is 6.98. The van der Waals surface area contributed by atoms with Crippen LogP contribution in [0.15, 0.2) is 54.6 Å². The molecule has 0 aromatic heterocycles. The Balaban J connectivity index is 1.44. The van der Waals surface area contributed by atoms with Crippen LogP contribution in [0, 0.1) is 5.92 Å². The number of hydrogen-bond donors (Lipinski definition) is 3. The lowest BCUT2D eigenvalue weighted by Crippen LogP contribution is -2.39. The van der Waals surface area contributed by atoms with E-state index in [0.29, 0.717) is 18.0 Å². The first-order valence-electron chi connectivity index (χ1n) is 10.4. The first-order valence-corrected chi connectivity index (χ1v) is 10.4. The summed E-state index contributed by atoms with van der Waals surface area (Å²) in [5.41, 5.74) is 2.45. The zero-order valence-corrected chi connectivity index (χ0v) is 17.6. The van der Waals surface area contributed by atoms with E-state index in [1.807, 2.05) is 32.0 Å². The number of nitrogens with zero attached hydrogens (tertiary/aromatic N) is 1. The van der Waals surface area contributed by atoms with Gasteiger partial charge in [-0.15, -0.1) is 0 Å². The van der Waals surface area contributed by atoms with E-state index in [2.05, 4.69) is 33.0 Å². The largest absolute Gasteiger partial charge is 0.449 e. The van der Waals surface area contributed by atoms with E-state index in [9.17, 15) is 9.59 Å². The second kappa shape index (κ2) is 10.6. The number of carbonyl (C=O) groups excluding carboxylic acids is 2. The molecule has 30 heavy (non-hydrogen) atoms. The standard InChI is InChI=1S/C23H30N4O3/c1-17(2)16-30-23(29)26-20-10-6-9-19(13-20)24-22(28)25-21-11-12-27(15-21)14-18-7-4-3-5-8-18/h3-10,13,17,21H,11-12,14-16H2,1-2H3,(H,26,29)(H2,24,25,28). The van der Waals surface area contributed by atoms with Crippen LogP contribution in [-0.4, -0.2) is 42.8 Å². The van der Waals surface area contributed by atoms with Gasteiger partial charge in [0, 0.05) is 37.1 Å². The summed E-state index contributed by atoms with van der Waals surface area (Å²) < 4.78 is 5.12. The Labute approximate surface area is 177 Å². The molecular formula is C23H30N4O3. The summed E-state index contributed by atoms with van der Waals surface area (Å²) in [5, 5.41) is 8.54. The molecule has 0 aliphatic carbocycles. The van der Waals surface area contributed by atoms with E-state index in [-0.39, 0.29) is 18.0 Å². The number of anilines is 2. The number of rotatable bonds is 7. The summed E-state index contributed by atoms with van der Waals surface area (Å²) in [5.74, 6) is 0.270. The van der Waals surface area contributed by atoms with Crippen LogP contribution >= 0.6 is 0 Å². The van der Waals surface area contributed by atoms with Gasteiger partial charge in [-0.3, -0.25) is 10.2 Å². The number of carbonyl (C=O) groups is 2. The van der Waals surface area contributed by atoms with Gasteiger partial charge in [0.2, 0.25) is 0 Å². The van der Waals surface area contributed by atoms with Crippen molar-refractivity contribution in [1.82, 2.24) is 10.2 Å². The summed E-state index contributed by atoms with van der Waals surface area (Å²) in [6, 6.07) is 17.2. The minimum absolute atomic E-state index is 0.112. The maximum atomic E-state index is 12.4. The van der Waals surface area contributed by atoms with Crippen molar-refractivity contribution in [1.29, 1.82) is 0 Å². The highest BCUT2D eigenvalue weighted by Gasteiger charge is 2.23.